The Morgan fingerprint density at radius 2 is 2.22 bits per heavy atom. The number of nitrogens with zero attached hydrogens (tertiary/aromatic N) is 2. The van der Waals surface area contributed by atoms with E-state index in [1.807, 2.05) is 0 Å². The molecule has 0 aromatic carbocycles. The highest BCUT2D eigenvalue weighted by molar-refractivity contribution is 7.88. The molecule has 2 N–H and O–H groups in total. The van der Waals surface area contributed by atoms with Crippen LogP contribution in [0.5, 0.6) is 0 Å². The first-order valence-electron chi connectivity index (χ1n) is 7.62. The van der Waals surface area contributed by atoms with Gasteiger partial charge in [0.2, 0.25) is 10.0 Å². The average molecular weight is 340 g/mol. The van der Waals surface area contributed by atoms with Crippen molar-refractivity contribution >= 4 is 10.0 Å². The quantitative estimate of drug-likeness (QED) is 0.850. The molecule has 2 aromatic rings. The number of sulfonamides is 1. The highest BCUT2D eigenvalue weighted by Crippen LogP contribution is 2.25. The molecule has 1 saturated heterocycles. The van der Waals surface area contributed by atoms with Gasteiger partial charge in [-0.05, 0) is 31.5 Å². The second-order valence-corrected chi connectivity index (χ2v) is 7.51. The van der Waals surface area contributed by atoms with Gasteiger partial charge in [0.25, 0.3) is 5.89 Å². The minimum Gasteiger partial charge on any atom is -0.455 e. The van der Waals surface area contributed by atoms with Crippen molar-refractivity contribution in [2.75, 3.05) is 12.8 Å². The standard InChI is InChI=1S/C14H20N4O4S/c1-23(19,20)16-9-10-6-7-12(21-10)14-17-13(18-22-14)11-5-3-2-4-8-15-11/h6-7,11,15-16H,2-5,8-9H2,1H3/t11-/m1/s1. The molecule has 0 saturated carbocycles. The number of hydrogen-bond acceptors (Lipinski definition) is 7. The highest BCUT2D eigenvalue weighted by atomic mass is 32.2. The molecule has 0 bridgehead atoms. The zero-order valence-corrected chi connectivity index (χ0v) is 13.7. The Balaban J connectivity index is 1.69. The smallest absolute Gasteiger partial charge is 0.293 e. The van der Waals surface area contributed by atoms with Crippen molar-refractivity contribution in [2.24, 2.45) is 0 Å². The molecule has 1 fully saturated rings. The molecule has 8 nitrogen and oxygen atoms in total. The van der Waals surface area contributed by atoms with E-state index in [1.165, 1.54) is 6.42 Å². The van der Waals surface area contributed by atoms with E-state index in [9.17, 15) is 8.42 Å². The normalized spacial score (nSPS) is 19.6. The first-order valence-corrected chi connectivity index (χ1v) is 9.51. The number of rotatable bonds is 5. The molecule has 9 heteroatoms. The molecular formula is C14H20N4O4S. The minimum absolute atomic E-state index is 0.0873. The summed E-state index contributed by atoms with van der Waals surface area (Å²) in [5, 5.41) is 7.44. The van der Waals surface area contributed by atoms with Gasteiger partial charge in [-0.2, -0.15) is 4.98 Å². The monoisotopic (exact) mass is 340 g/mol. The van der Waals surface area contributed by atoms with Crippen LogP contribution in [0.25, 0.3) is 11.7 Å². The van der Waals surface area contributed by atoms with Crippen LogP contribution < -0.4 is 10.0 Å². The maximum absolute atomic E-state index is 11.1. The molecule has 23 heavy (non-hydrogen) atoms. The fourth-order valence-electron chi connectivity index (χ4n) is 2.52. The van der Waals surface area contributed by atoms with Gasteiger partial charge in [-0.1, -0.05) is 18.0 Å². The summed E-state index contributed by atoms with van der Waals surface area (Å²) in [5.41, 5.74) is 0. The van der Waals surface area contributed by atoms with Crippen LogP contribution in [0.15, 0.2) is 21.1 Å². The lowest BCUT2D eigenvalue weighted by atomic mass is 10.1. The Morgan fingerprint density at radius 1 is 1.35 bits per heavy atom. The zero-order chi connectivity index (χ0) is 16.3. The van der Waals surface area contributed by atoms with Gasteiger partial charge >= 0.3 is 0 Å². The van der Waals surface area contributed by atoms with Gasteiger partial charge in [-0.3, -0.25) is 0 Å². The van der Waals surface area contributed by atoms with E-state index in [-0.39, 0.29) is 12.6 Å². The summed E-state index contributed by atoms with van der Waals surface area (Å²) in [6, 6.07) is 3.48. The van der Waals surface area contributed by atoms with Crippen molar-refractivity contribution < 1.29 is 17.4 Å². The lowest BCUT2D eigenvalue weighted by Crippen LogP contribution is -2.21. The SMILES string of the molecule is CS(=O)(=O)NCc1ccc(-c2nc([C@H]3CCCCCN3)no2)o1. The van der Waals surface area contributed by atoms with Gasteiger partial charge < -0.3 is 14.3 Å². The lowest BCUT2D eigenvalue weighted by molar-refractivity contribution is 0.390. The van der Waals surface area contributed by atoms with E-state index in [4.69, 9.17) is 8.94 Å². The van der Waals surface area contributed by atoms with Crippen LogP contribution in [0, 0.1) is 0 Å². The predicted molar refractivity (Wildman–Crippen MR) is 82.9 cm³/mol. The van der Waals surface area contributed by atoms with Crippen molar-refractivity contribution in [2.45, 2.75) is 38.3 Å². The summed E-state index contributed by atoms with van der Waals surface area (Å²) in [6.45, 7) is 1.04. The van der Waals surface area contributed by atoms with Gasteiger partial charge in [-0.15, -0.1) is 0 Å². The fraction of sp³-hybridized carbons (Fsp3) is 0.571. The molecular weight excluding hydrogens is 320 g/mol. The first kappa shape index (κ1) is 16.2. The summed E-state index contributed by atoms with van der Waals surface area (Å²) < 4.78 is 35.4. The molecule has 1 aliphatic rings. The van der Waals surface area contributed by atoms with Crippen LogP contribution in [-0.4, -0.2) is 31.4 Å². The third-order valence-electron chi connectivity index (χ3n) is 3.69. The molecule has 0 spiro atoms. The molecule has 0 amide bonds. The number of aromatic nitrogens is 2. The van der Waals surface area contributed by atoms with E-state index >= 15 is 0 Å². The van der Waals surface area contributed by atoms with Crippen molar-refractivity contribution in [3.8, 4) is 11.7 Å². The van der Waals surface area contributed by atoms with Gasteiger partial charge in [0.1, 0.15) is 5.76 Å². The van der Waals surface area contributed by atoms with Gasteiger partial charge in [-0.25, -0.2) is 13.1 Å². The molecule has 1 atom stereocenters. The second-order valence-electron chi connectivity index (χ2n) is 5.67. The Morgan fingerprint density at radius 3 is 3.04 bits per heavy atom. The largest absolute Gasteiger partial charge is 0.455 e. The topological polar surface area (TPSA) is 110 Å². The van der Waals surface area contributed by atoms with Crippen LogP contribution in [0.2, 0.25) is 0 Å². The van der Waals surface area contributed by atoms with Gasteiger partial charge in [0.15, 0.2) is 11.6 Å². The summed E-state index contributed by atoms with van der Waals surface area (Å²) in [6.07, 6.45) is 5.60. The molecule has 0 radical (unpaired) electrons. The molecule has 3 rings (SSSR count). The summed E-state index contributed by atoms with van der Waals surface area (Å²) in [5.74, 6) is 1.85. The maximum Gasteiger partial charge on any atom is 0.293 e. The highest BCUT2D eigenvalue weighted by Gasteiger charge is 2.21. The number of furan rings is 1. The Kier molecular flexibility index (Phi) is 4.79. The Hall–Kier alpha value is -1.71. The van der Waals surface area contributed by atoms with Gasteiger partial charge in [0.05, 0.1) is 18.8 Å². The summed E-state index contributed by atoms with van der Waals surface area (Å²) in [7, 11) is -3.26. The van der Waals surface area contributed by atoms with E-state index in [0.717, 1.165) is 32.1 Å². The third kappa shape index (κ3) is 4.40. The summed E-state index contributed by atoms with van der Waals surface area (Å²) in [4.78, 5) is 4.40. The van der Waals surface area contributed by atoms with Crippen LogP contribution in [-0.2, 0) is 16.6 Å². The second kappa shape index (κ2) is 6.81. The Bertz CT molecular complexity index is 744. The van der Waals surface area contributed by atoms with Crippen LogP contribution in [0.4, 0.5) is 0 Å². The van der Waals surface area contributed by atoms with E-state index in [1.54, 1.807) is 12.1 Å². The van der Waals surface area contributed by atoms with Crippen molar-refractivity contribution in [3.63, 3.8) is 0 Å². The van der Waals surface area contributed by atoms with E-state index in [2.05, 4.69) is 20.2 Å². The number of nitrogens with one attached hydrogen (secondary N) is 2. The number of hydrogen-bond donors (Lipinski definition) is 2. The van der Waals surface area contributed by atoms with Crippen LogP contribution in [0.1, 0.15) is 43.3 Å². The third-order valence-corrected chi connectivity index (χ3v) is 4.36. The lowest BCUT2D eigenvalue weighted by Gasteiger charge is -2.09. The predicted octanol–water partition coefficient (Wildman–Crippen LogP) is 1.58. The summed E-state index contributed by atoms with van der Waals surface area (Å²) >= 11 is 0. The maximum atomic E-state index is 11.1. The van der Waals surface area contributed by atoms with Crippen molar-refractivity contribution in [3.05, 3.63) is 23.7 Å². The zero-order valence-electron chi connectivity index (χ0n) is 12.9. The van der Waals surface area contributed by atoms with E-state index < -0.39 is 10.0 Å². The Labute approximate surface area is 134 Å². The first-order chi connectivity index (χ1) is 11.0. The molecule has 0 unspecified atom stereocenters. The van der Waals surface area contributed by atoms with Crippen LogP contribution >= 0.6 is 0 Å². The molecule has 0 aliphatic carbocycles. The molecule has 3 heterocycles. The van der Waals surface area contributed by atoms with Gasteiger partial charge in [0, 0.05) is 0 Å². The molecule has 1 aliphatic heterocycles. The van der Waals surface area contributed by atoms with Crippen LogP contribution in [0.3, 0.4) is 0 Å². The molecule has 2 aromatic heterocycles. The van der Waals surface area contributed by atoms with Crippen molar-refractivity contribution in [1.82, 2.24) is 20.2 Å². The fourth-order valence-corrected chi connectivity index (χ4v) is 2.92. The van der Waals surface area contributed by atoms with Crippen molar-refractivity contribution in [1.29, 1.82) is 0 Å². The average Bonchev–Trinajstić information content (AvgIpc) is 3.08. The minimum atomic E-state index is -3.26. The molecule has 126 valence electrons. The van der Waals surface area contributed by atoms with E-state index in [0.29, 0.717) is 23.2 Å².